The number of nitrogens with one attached hydrogen (secondary N) is 1. The first-order valence-electron chi connectivity index (χ1n) is 9.86. The second-order valence-corrected chi connectivity index (χ2v) is 7.44. The number of aryl methyl sites for hydroxylation is 1. The van der Waals surface area contributed by atoms with E-state index >= 15 is 0 Å². The van der Waals surface area contributed by atoms with E-state index in [1.807, 2.05) is 17.0 Å². The molecule has 0 spiro atoms. The molecule has 1 unspecified atom stereocenters. The van der Waals surface area contributed by atoms with Gasteiger partial charge in [0, 0.05) is 32.1 Å². The van der Waals surface area contributed by atoms with Gasteiger partial charge in [-0.3, -0.25) is 14.2 Å². The number of benzene rings is 1. The van der Waals surface area contributed by atoms with E-state index in [1.165, 1.54) is 4.68 Å². The molecule has 1 saturated heterocycles. The zero-order valence-electron chi connectivity index (χ0n) is 16.1. The molecule has 1 fully saturated rings. The number of hydrogen-bond acceptors (Lipinski definition) is 4. The van der Waals surface area contributed by atoms with Gasteiger partial charge in [0.2, 0.25) is 5.91 Å². The Hall–Kier alpha value is -2.90. The van der Waals surface area contributed by atoms with Gasteiger partial charge in [-0.05, 0) is 43.4 Å². The average Bonchev–Trinajstić information content (AvgIpc) is 3.36. The van der Waals surface area contributed by atoms with Crippen molar-refractivity contribution in [2.24, 2.45) is 0 Å². The van der Waals surface area contributed by atoms with Gasteiger partial charge in [0.25, 0.3) is 5.91 Å². The van der Waals surface area contributed by atoms with Gasteiger partial charge in [-0.15, -0.1) is 0 Å². The third-order valence-corrected chi connectivity index (χ3v) is 5.61. The van der Waals surface area contributed by atoms with Gasteiger partial charge in [-0.25, -0.2) is 9.48 Å². The van der Waals surface area contributed by atoms with Crippen molar-refractivity contribution in [3.8, 4) is 0 Å². The lowest BCUT2D eigenvalue weighted by Crippen LogP contribution is -2.41. The first kappa shape index (κ1) is 18.5. The van der Waals surface area contributed by atoms with Crippen molar-refractivity contribution in [2.45, 2.75) is 44.7 Å². The zero-order chi connectivity index (χ0) is 19.7. The molecule has 1 atom stereocenters. The fraction of sp³-hybridized carbons (Fsp3) is 0.500. The van der Waals surface area contributed by atoms with Crippen LogP contribution in [-0.4, -0.2) is 51.2 Å². The summed E-state index contributed by atoms with van der Waals surface area (Å²) in [6.45, 7) is 1.88. The number of likely N-dealkylation sites (tertiary alicyclic amines) is 1. The standard InChI is InChI=1S/C20H25N5O3/c1-21-18(26)15-9-7-14(8-10-15)13-24-20(28)25-16(5-4-6-17(25)22-24)19(27)23-11-2-3-12-23/h7-10,16H,2-6,11-13H2,1H3,(H,21,26). The van der Waals surface area contributed by atoms with Crippen molar-refractivity contribution in [1.82, 2.24) is 24.6 Å². The van der Waals surface area contributed by atoms with Gasteiger partial charge in [0.05, 0.1) is 6.54 Å². The second kappa shape index (κ2) is 7.61. The first-order valence-corrected chi connectivity index (χ1v) is 9.86. The molecule has 1 aromatic heterocycles. The van der Waals surface area contributed by atoms with Crippen molar-refractivity contribution >= 4 is 11.8 Å². The quantitative estimate of drug-likeness (QED) is 0.851. The summed E-state index contributed by atoms with van der Waals surface area (Å²) in [5.41, 5.74) is 1.22. The molecule has 2 aliphatic heterocycles. The Kier molecular flexibility index (Phi) is 5.02. The lowest BCUT2D eigenvalue weighted by Gasteiger charge is -2.27. The van der Waals surface area contributed by atoms with Gasteiger partial charge >= 0.3 is 5.69 Å². The molecule has 0 aliphatic carbocycles. The summed E-state index contributed by atoms with van der Waals surface area (Å²) < 4.78 is 3.03. The van der Waals surface area contributed by atoms with Gasteiger partial charge in [-0.2, -0.15) is 5.10 Å². The molecular formula is C20H25N5O3. The minimum Gasteiger partial charge on any atom is -0.355 e. The highest BCUT2D eigenvalue weighted by molar-refractivity contribution is 5.93. The van der Waals surface area contributed by atoms with Crippen molar-refractivity contribution in [1.29, 1.82) is 0 Å². The highest BCUT2D eigenvalue weighted by atomic mass is 16.2. The Morgan fingerprint density at radius 2 is 1.86 bits per heavy atom. The Labute approximate surface area is 163 Å². The van der Waals surface area contributed by atoms with Crippen LogP contribution < -0.4 is 11.0 Å². The molecule has 8 heteroatoms. The average molecular weight is 383 g/mol. The number of amides is 2. The van der Waals surface area contributed by atoms with Crippen molar-refractivity contribution < 1.29 is 9.59 Å². The van der Waals surface area contributed by atoms with Crippen LogP contribution in [0.2, 0.25) is 0 Å². The Morgan fingerprint density at radius 1 is 1.14 bits per heavy atom. The van der Waals surface area contributed by atoms with E-state index in [9.17, 15) is 14.4 Å². The van der Waals surface area contributed by atoms with E-state index in [1.54, 1.807) is 23.7 Å². The first-order chi connectivity index (χ1) is 13.6. The summed E-state index contributed by atoms with van der Waals surface area (Å²) in [6.07, 6.45) is 4.33. The number of nitrogens with zero attached hydrogens (tertiary/aromatic N) is 4. The highest BCUT2D eigenvalue weighted by Gasteiger charge is 2.34. The minimum absolute atomic E-state index is 0.0510. The lowest BCUT2D eigenvalue weighted by atomic mass is 10.0. The van der Waals surface area contributed by atoms with Gasteiger partial charge < -0.3 is 10.2 Å². The molecular weight excluding hydrogens is 358 g/mol. The molecule has 0 radical (unpaired) electrons. The Morgan fingerprint density at radius 3 is 2.54 bits per heavy atom. The summed E-state index contributed by atoms with van der Waals surface area (Å²) >= 11 is 0. The largest absolute Gasteiger partial charge is 0.355 e. The van der Waals surface area contributed by atoms with Crippen LogP contribution in [0.15, 0.2) is 29.1 Å². The Bertz CT molecular complexity index is 938. The van der Waals surface area contributed by atoms with E-state index < -0.39 is 6.04 Å². The molecule has 2 aliphatic rings. The molecule has 148 valence electrons. The number of carbonyl (C=O) groups excluding carboxylic acids is 2. The zero-order valence-corrected chi connectivity index (χ0v) is 16.1. The maximum Gasteiger partial charge on any atom is 0.346 e. The van der Waals surface area contributed by atoms with Crippen LogP contribution in [0.25, 0.3) is 0 Å². The van der Waals surface area contributed by atoms with Gasteiger partial charge in [-0.1, -0.05) is 12.1 Å². The molecule has 0 bridgehead atoms. The molecule has 2 aromatic rings. The van der Waals surface area contributed by atoms with E-state index in [0.29, 0.717) is 30.8 Å². The lowest BCUT2D eigenvalue weighted by molar-refractivity contribution is -0.134. The van der Waals surface area contributed by atoms with Crippen molar-refractivity contribution in [3.05, 3.63) is 51.7 Å². The second-order valence-electron chi connectivity index (χ2n) is 7.44. The van der Waals surface area contributed by atoms with E-state index in [4.69, 9.17) is 0 Å². The predicted molar refractivity (Wildman–Crippen MR) is 103 cm³/mol. The van der Waals surface area contributed by atoms with Crippen LogP contribution in [0, 0.1) is 0 Å². The fourth-order valence-electron chi connectivity index (χ4n) is 4.10. The Balaban J connectivity index is 1.58. The molecule has 0 saturated carbocycles. The molecule has 4 rings (SSSR count). The number of carbonyl (C=O) groups is 2. The summed E-state index contributed by atoms with van der Waals surface area (Å²) in [6, 6.07) is 6.67. The van der Waals surface area contributed by atoms with Crippen molar-refractivity contribution in [2.75, 3.05) is 20.1 Å². The van der Waals surface area contributed by atoms with E-state index in [0.717, 1.165) is 37.9 Å². The monoisotopic (exact) mass is 383 g/mol. The molecule has 8 nitrogen and oxygen atoms in total. The number of hydrogen-bond donors (Lipinski definition) is 1. The van der Waals surface area contributed by atoms with E-state index in [2.05, 4.69) is 10.4 Å². The summed E-state index contributed by atoms with van der Waals surface area (Å²) in [5, 5.41) is 7.08. The minimum atomic E-state index is -0.432. The molecule has 28 heavy (non-hydrogen) atoms. The normalized spacial score (nSPS) is 18.8. The maximum absolute atomic E-state index is 13.0. The van der Waals surface area contributed by atoms with Crippen LogP contribution in [0.3, 0.4) is 0 Å². The van der Waals surface area contributed by atoms with Gasteiger partial charge in [0.15, 0.2) is 0 Å². The molecule has 1 N–H and O–H groups in total. The van der Waals surface area contributed by atoms with Crippen molar-refractivity contribution in [3.63, 3.8) is 0 Å². The van der Waals surface area contributed by atoms with Crippen LogP contribution >= 0.6 is 0 Å². The third kappa shape index (κ3) is 3.34. The number of aromatic nitrogens is 3. The van der Waals surface area contributed by atoms with Crippen LogP contribution in [0.5, 0.6) is 0 Å². The fourth-order valence-corrected chi connectivity index (χ4v) is 4.10. The maximum atomic E-state index is 13.0. The van der Waals surface area contributed by atoms with Crippen LogP contribution in [-0.2, 0) is 17.8 Å². The number of fused-ring (bicyclic) bond motifs is 1. The summed E-state index contributed by atoms with van der Waals surface area (Å²) in [7, 11) is 1.59. The van der Waals surface area contributed by atoms with Crippen LogP contribution in [0.4, 0.5) is 0 Å². The highest BCUT2D eigenvalue weighted by Crippen LogP contribution is 2.25. The molecule has 2 amide bonds. The van der Waals surface area contributed by atoms with E-state index in [-0.39, 0.29) is 17.5 Å². The van der Waals surface area contributed by atoms with Crippen LogP contribution in [0.1, 0.15) is 53.5 Å². The van der Waals surface area contributed by atoms with Gasteiger partial charge in [0.1, 0.15) is 11.9 Å². The smallest absolute Gasteiger partial charge is 0.346 e. The number of rotatable bonds is 4. The SMILES string of the molecule is CNC(=O)c1ccc(Cn2nc3n(c2=O)C(C(=O)N2CCCC2)CCC3)cc1. The predicted octanol–water partition coefficient (Wildman–Crippen LogP) is 0.952. The summed E-state index contributed by atoms with van der Waals surface area (Å²) in [4.78, 5) is 39.4. The summed E-state index contributed by atoms with van der Waals surface area (Å²) in [5.74, 6) is 0.593. The topological polar surface area (TPSA) is 89.2 Å². The third-order valence-electron chi connectivity index (χ3n) is 5.61. The molecule has 3 heterocycles. The molecule has 1 aromatic carbocycles.